The maximum atomic E-state index is 11.2. The van der Waals surface area contributed by atoms with Gasteiger partial charge in [0.25, 0.3) is 0 Å². The third-order valence-electron chi connectivity index (χ3n) is 1.84. The lowest BCUT2D eigenvalue weighted by Crippen LogP contribution is -1.96. The Bertz CT molecular complexity index is 506. The summed E-state index contributed by atoms with van der Waals surface area (Å²) in [7, 11) is 0. The van der Waals surface area contributed by atoms with Crippen LogP contribution in [0.5, 0.6) is 0 Å². The van der Waals surface area contributed by atoms with Gasteiger partial charge in [0.2, 0.25) is 0 Å². The second-order valence-corrected chi connectivity index (χ2v) is 5.06. The zero-order valence-electron chi connectivity index (χ0n) is 9.24. The lowest BCUT2D eigenvalue weighted by molar-refractivity contribution is -0.113. The van der Waals surface area contributed by atoms with Crippen LogP contribution in [0.3, 0.4) is 0 Å². The number of carbonyl (C=O) groups excluding carboxylic acids is 1. The van der Waals surface area contributed by atoms with Gasteiger partial charge in [-0.15, -0.1) is 10.2 Å². The van der Waals surface area contributed by atoms with Crippen molar-refractivity contribution < 1.29 is 9.90 Å². The van der Waals surface area contributed by atoms with Crippen LogP contribution in [0.2, 0.25) is 0 Å². The van der Waals surface area contributed by atoms with Crippen LogP contribution in [0.1, 0.15) is 13.8 Å². The van der Waals surface area contributed by atoms with Crippen LogP contribution in [-0.4, -0.2) is 10.9 Å². The molecule has 0 aliphatic rings. The molecule has 0 atom stereocenters. The maximum Gasteiger partial charge on any atom is 0.183 e. The molecule has 4 nitrogen and oxygen atoms in total. The molecule has 0 aromatic heterocycles. The molecule has 0 spiro atoms. The standard InChI is InChI=1S/C11H10Br2N2O2/c1-6(16)11(7(2)17)15-14-10-4-3-8(12)5-9(10)13/h3-5,16H,1-2H3/b11-6-,15-14?. The lowest BCUT2D eigenvalue weighted by atomic mass is 10.3. The topological polar surface area (TPSA) is 62.0 Å². The molecule has 0 fully saturated rings. The van der Waals surface area contributed by atoms with E-state index in [0.717, 1.165) is 8.95 Å². The van der Waals surface area contributed by atoms with E-state index in [4.69, 9.17) is 0 Å². The summed E-state index contributed by atoms with van der Waals surface area (Å²) in [4.78, 5) is 11.2. The summed E-state index contributed by atoms with van der Waals surface area (Å²) >= 11 is 6.64. The fraction of sp³-hybridized carbons (Fsp3) is 0.182. The van der Waals surface area contributed by atoms with Gasteiger partial charge in [0.1, 0.15) is 5.76 Å². The first-order chi connectivity index (χ1) is 7.91. The zero-order chi connectivity index (χ0) is 13.0. The smallest absolute Gasteiger partial charge is 0.183 e. The summed E-state index contributed by atoms with van der Waals surface area (Å²) in [6.07, 6.45) is 0. The summed E-state index contributed by atoms with van der Waals surface area (Å²) in [5, 5.41) is 16.9. The van der Waals surface area contributed by atoms with Crippen molar-refractivity contribution in [2.45, 2.75) is 13.8 Å². The van der Waals surface area contributed by atoms with Crippen molar-refractivity contribution in [2.24, 2.45) is 10.2 Å². The van der Waals surface area contributed by atoms with Crippen molar-refractivity contribution in [3.8, 4) is 0 Å². The molecule has 0 aliphatic carbocycles. The van der Waals surface area contributed by atoms with Crippen LogP contribution in [0.25, 0.3) is 0 Å². The second-order valence-electron chi connectivity index (χ2n) is 3.29. The number of hydrogen-bond donors (Lipinski definition) is 1. The van der Waals surface area contributed by atoms with E-state index in [0.29, 0.717) is 5.69 Å². The number of Topliss-reactive ketones (excluding diaryl/α,β-unsaturated/α-hetero) is 1. The molecule has 0 saturated heterocycles. The van der Waals surface area contributed by atoms with E-state index in [2.05, 4.69) is 42.1 Å². The highest BCUT2D eigenvalue weighted by Crippen LogP contribution is 2.29. The van der Waals surface area contributed by atoms with E-state index >= 15 is 0 Å². The number of aliphatic hydroxyl groups is 1. The molecular weight excluding hydrogens is 352 g/mol. The van der Waals surface area contributed by atoms with Crippen molar-refractivity contribution in [1.29, 1.82) is 0 Å². The Kier molecular flexibility index (Phi) is 5.02. The van der Waals surface area contributed by atoms with Gasteiger partial charge >= 0.3 is 0 Å². The quantitative estimate of drug-likeness (QED) is 0.483. The molecule has 0 radical (unpaired) electrons. The third kappa shape index (κ3) is 4.05. The van der Waals surface area contributed by atoms with Gasteiger partial charge in [0.15, 0.2) is 11.5 Å². The van der Waals surface area contributed by atoms with Gasteiger partial charge < -0.3 is 5.11 Å². The largest absolute Gasteiger partial charge is 0.510 e. The second kappa shape index (κ2) is 6.07. The summed E-state index contributed by atoms with van der Waals surface area (Å²) in [5.74, 6) is -0.475. The predicted molar refractivity (Wildman–Crippen MR) is 72.4 cm³/mol. The monoisotopic (exact) mass is 360 g/mol. The maximum absolute atomic E-state index is 11.2. The van der Waals surface area contributed by atoms with Gasteiger partial charge in [-0.25, -0.2) is 0 Å². The minimum Gasteiger partial charge on any atom is -0.510 e. The van der Waals surface area contributed by atoms with Crippen molar-refractivity contribution >= 4 is 43.3 Å². The minimum absolute atomic E-state index is 0.0418. The Morgan fingerprint density at radius 3 is 2.41 bits per heavy atom. The highest BCUT2D eigenvalue weighted by Gasteiger charge is 2.07. The number of allylic oxidation sites excluding steroid dienone is 2. The molecule has 1 aromatic carbocycles. The molecule has 1 aromatic rings. The highest BCUT2D eigenvalue weighted by molar-refractivity contribution is 9.11. The van der Waals surface area contributed by atoms with Crippen molar-refractivity contribution in [3.63, 3.8) is 0 Å². The van der Waals surface area contributed by atoms with Gasteiger partial charge in [-0.2, -0.15) is 0 Å². The fourth-order valence-corrected chi connectivity index (χ4v) is 2.19. The van der Waals surface area contributed by atoms with Crippen LogP contribution in [0.4, 0.5) is 5.69 Å². The van der Waals surface area contributed by atoms with Gasteiger partial charge in [0, 0.05) is 15.9 Å². The molecule has 0 bridgehead atoms. The Hall–Kier alpha value is -1.01. The number of nitrogens with zero attached hydrogens (tertiary/aromatic N) is 2. The molecular formula is C11H10Br2N2O2. The summed E-state index contributed by atoms with van der Waals surface area (Å²) in [6.45, 7) is 2.72. The average molecular weight is 362 g/mol. The first-order valence-corrected chi connectivity index (χ1v) is 6.28. The molecule has 1 rings (SSSR count). The molecule has 0 saturated carbocycles. The first-order valence-electron chi connectivity index (χ1n) is 4.69. The van der Waals surface area contributed by atoms with Crippen LogP contribution in [0.15, 0.2) is 48.8 Å². The van der Waals surface area contributed by atoms with Crippen molar-refractivity contribution in [3.05, 3.63) is 38.6 Å². The molecule has 0 amide bonds. The fourth-order valence-electron chi connectivity index (χ4n) is 1.06. The number of carbonyl (C=O) groups is 1. The van der Waals surface area contributed by atoms with E-state index < -0.39 is 0 Å². The van der Waals surface area contributed by atoms with E-state index in [1.807, 2.05) is 12.1 Å². The van der Waals surface area contributed by atoms with E-state index in [1.54, 1.807) is 6.07 Å². The summed E-state index contributed by atoms with van der Waals surface area (Å²) < 4.78 is 1.65. The molecule has 6 heteroatoms. The molecule has 0 unspecified atom stereocenters. The number of hydrogen-bond acceptors (Lipinski definition) is 4. The Morgan fingerprint density at radius 2 is 1.94 bits per heavy atom. The van der Waals surface area contributed by atoms with Crippen LogP contribution in [0, 0.1) is 0 Å². The zero-order valence-corrected chi connectivity index (χ0v) is 12.4. The average Bonchev–Trinajstić information content (AvgIpc) is 2.20. The SMILES string of the molecule is CC(=O)/C(N=Nc1ccc(Br)cc1Br)=C(\C)O. The normalized spacial score (nSPS) is 12.7. The minimum atomic E-state index is -0.331. The van der Waals surface area contributed by atoms with Crippen molar-refractivity contribution in [1.82, 2.24) is 0 Å². The number of rotatable bonds is 3. The van der Waals surface area contributed by atoms with Crippen molar-refractivity contribution in [2.75, 3.05) is 0 Å². The molecule has 0 aliphatic heterocycles. The number of azo groups is 1. The number of ketones is 1. The van der Waals surface area contributed by atoms with E-state index in [-0.39, 0.29) is 17.2 Å². The Morgan fingerprint density at radius 1 is 1.29 bits per heavy atom. The van der Waals surface area contributed by atoms with Gasteiger partial charge in [-0.1, -0.05) is 15.9 Å². The third-order valence-corrected chi connectivity index (χ3v) is 2.97. The Balaban J connectivity index is 3.05. The first kappa shape index (κ1) is 14.1. The van der Waals surface area contributed by atoms with Gasteiger partial charge in [0.05, 0.1) is 5.69 Å². The van der Waals surface area contributed by atoms with E-state index in [1.165, 1.54) is 13.8 Å². The number of benzene rings is 1. The van der Waals surface area contributed by atoms with Crippen LogP contribution in [-0.2, 0) is 4.79 Å². The van der Waals surface area contributed by atoms with Gasteiger partial charge in [-0.05, 0) is 41.1 Å². The van der Waals surface area contributed by atoms with Gasteiger partial charge in [-0.3, -0.25) is 4.79 Å². The highest BCUT2D eigenvalue weighted by atomic mass is 79.9. The molecule has 1 N–H and O–H groups in total. The molecule has 90 valence electrons. The summed E-state index contributed by atoms with van der Waals surface area (Å²) in [6, 6.07) is 5.36. The summed E-state index contributed by atoms with van der Waals surface area (Å²) in [5.41, 5.74) is 0.535. The van der Waals surface area contributed by atoms with Crippen LogP contribution >= 0.6 is 31.9 Å². The number of aliphatic hydroxyl groups excluding tert-OH is 1. The Labute approximate surface area is 116 Å². The lowest BCUT2D eigenvalue weighted by Gasteiger charge is -1.99. The number of halogens is 2. The van der Waals surface area contributed by atoms with E-state index in [9.17, 15) is 9.90 Å². The molecule has 17 heavy (non-hydrogen) atoms. The predicted octanol–water partition coefficient (Wildman–Crippen LogP) is 4.67. The van der Waals surface area contributed by atoms with Crippen LogP contribution < -0.4 is 0 Å². The molecule has 0 heterocycles.